The van der Waals surface area contributed by atoms with E-state index in [0.717, 1.165) is 11.6 Å². The third-order valence-corrected chi connectivity index (χ3v) is 4.20. The van der Waals surface area contributed by atoms with Gasteiger partial charge in [-0.3, -0.25) is 14.9 Å². The first-order chi connectivity index (χ1) is 13.3. The van der Waals surface area contributed by atoms with E-state index >= 15 is 0 Å². The molecule has 2 aromatic carbocycles. The predicted molar refractivity (Wildman–Crippen MR) is 106 cm³/mol. The van der Waals surface area contributed by atoms with Crippen LogP contribution in [-0.4, -0.2) is 44.0 Å². The molecule has 2 rings (SSSR count). The Labute approximate surface area is 163 Å². The number of nitro benzene ring substituents is 1. The minimum absolute atomic E-state index is 0.0164. The molecule has 1 atom stereocenters. The van der Waals surface area contributed by atoms with Crippen molar-refractivity contribution in [3.05, 3.63) is 69.8 Å². The van der Waals surface area contributed by atoms with Crippen molar-refractivity contribution >= 4 is 23.3 Å². The first-order valence-electron chi connectivity index (χ1n) is 8.74. The minimum Gasteiger partial charge on any atom is -0.452 e. The Kier molecular flexibility index (Phi) is 7.08. The zero-order chi connectivity index (χ0) is 20.7. The summed E-state index contributed by atoms with van der Waals surface area (Å²) in [5, 5.41) is 13.9. The van der Waals surface area contributed by atoms with Gasteiger partial charge in [0.25, 0.3) is 11.6 Å². The van der Waals surface area contributed by atoms with Crippen LogP contribution in [0.15, 0.2) is 48.5 Å². The second kappa shape index (κ2) is 9.50. The van der Waals surface area contributed by atoms with Crippen LogP contribution in [0.5, 0.6) is 0 Å². The number of carbonyl (C=O) groups is 2. The van der Waals surface area contributed by atoms with Gasteiger partial charge < -0.3 is 15.0 Å². The highest BCUT2D eigenvalue weighted by Crippen LogP contribution is 2.27. The second-order valence-electron chi connectivity index (χ2n) is 6.55. The molecule has 0 bridgehead atoms. The van der Waals surface area contributed by atoms with Crippen LogP contribution >= 0.6 is 0 Å². The van der Waals surface area contributed by atoms with Gasteiger partial charge in [0.05, 0.1) is 10.5 Å². The number of nitro groups is 1. The fourth-order valence-electron chi connectivity index (χ4n) is 2.61. The van der Waals surface area contributed by atoms with Gasteiger partial charge in [0.2, 0.25) is 0 Å². The van der Waals surface area contributed by atoms with Crippen molar-refractivity contribution in [3.63, 3.8) is 0 Å². The molecular weight excluding hydrogens is 362 g/mol. The number of rotatable bonds is 8. The topological polar surface area (TPSA) is 102 Å². The van der Waals surface area contributed by atoms with E-state index < -0.39 is 23.4 Å². The normalized spacial score (nSPS) is 11.4. The molecule has 0 saturated heterocycles. The predicted octanol–water partition coefficient (Wildman–Crippen LogP) is 2.74. The first kappa shape index (κ1) is 20.9. The molecule has 0 fully saturated rings. The number of nitrogens with one attached hydrogen (secondary N) is 1. The van der Waals surface area contributed by atoms with Crippen LogP contribution in [0, 0.1) is 10.1 Å². The summed E-state index contributed by atoms with van der Waals surface area (Å²) < 4.78 is 4.98. The second-order valence-corrected chi connectivity index (χ2v) is 6.55. The Balaban J connectivity index is 1.90. The smallest absolute Gasteiger partial charge is 0.338 e. The molecule has 8 nitrogen and oxygen atoms in total. The highest BCUT2D eigenvalue weighted by atomic mass is 16.6. The van der Waals surface area contributed by atoms with Crippen LogP contribution in [0.1, 0.15) is 28.8 Å². The van der Waals surface area contributed by atoms with Gasteiger partial charge in [0.15, 0.2) is 6.61 Å². The number of nitrogens with zero attached hydrogens (tertiary/aromatic N) is 2. The zero-order valence-electron chi connectivity index (χ0n) is 16.0. The van der Waals surface area contributed by atoms with Crippen LogP contribution in [0.2, 0.25) is 0 Å². The van der Waals surface area contributed by atoms with E-state index in [9.17, 15) is 19.7 Å². The van der Waals surface area contributed by atoms with E-state index in [-0.39, 0.29) is 17.2 Å². The average Bonchev–Trinajstić information content (AvgIpc) is 2.70. The fourth-order valence-corrected chi connectivity index (χ4v) is 2.61. The molecule has 0 heterocycles. The lowest BCUT2D eigenvalue weighted by Gasteiger charge is -2.14. The number of hydrogen-bond donors (Lipinski definition) is 1. The van der Waals surface area contributed by atoms with Crippen molar-refractivity contribution in [2.45, 2.75) is 12.8 Å². The maximum atomic E-state index is 12.1. The molecule has 2 aromatic rings. The maximum Gasteiger partial charge on any atom is 0.338 e. The molecule has 148 valence electrons. The summed E-state index contributed by atoms with van der Waals surface area (Å²) in [5.41, 5.74) is 1.27. The van der Waals surface area contributed by atoms with Crippen molar-refractivity contribution in [2.75, 3.05) is 32.1 Å². The van der Waals surface area contributed by atoms with E-state index in [2.05, 4.69) is 5.32 Å². The van der Waals surface area contributed by atoms with Crippen LogP contribution in [-0.2, 0) is 9.53 Å². The zero-order valence-corrected chi connectivity index (χ0v) is 16.0. The third kappa shape index (κ3) is 5.54. The Hall–Kier alpha value is -3.42. The largest absolute Gasteiger partial charge is 0.452 e. The molecule has 0 aromatic heterocycles. The summed E-state index contributed by atoms with van der Waals surface area (Å²) in [6.45, 7) is 1.93. The molecule has 0 aliphatic carbocycles. The maximum absolute atomic E-state index is 12.1. The first-order valence-corrected chi connectivity index (χ1v) is 8.74. The third-order valence-electron chi connectivity index (χ3n) is 4.20. The quantitative estimate of drug-likeness (QED) is 0.426. The molecular formula is C20H23N3O5. The number of benzene rings is 2. The molecule has 0 saturated carbocycles. The number of esters is 1. The minimum atomic E-state index is -0.792. The van der Waals surface area contributed by atoms with Gasteiger partial charge in [0, 0.05) is 26.7 Å². The van der Waals surface area contributed by atoms with E-state index in [1.54, 1.807) is 19.0 Å². The molecule has 0 aliphatic heterocycles. The van der Waals surface area contributed by atoms with Gasteiger partial charge in [-0.25, -0.2) is 4.79 Å². The highest BCUT2D eigenvalue weighted by molar-refractivity contribution is 5.93. The van der Waals surface area contributed by atoms with Gasteiger partial charge in [0.1, 0.15) is 5.69 Å². The van der Waals surface area contributed by atoms with Crippen molar-refractivity contribution in [3.8, 4) is 0 Å². The van der Waals surface area contributed by atoms with Crippen LogP contribution in [0.4, 0.5) is 11.4 Å². The lowest BCUT2D eigenvalue weighted by atomic mass is 10.0. The van der Waals surface area contributed by atoms with Gasteiger partial charge in [-0.1, -0.05) is 37.3 Å². The van der Waals surface area contributed by atoms with E-state index in [4.69, 9.17) is 4.74 Å². The van der Waals surface area contributed by atoms with Crippen LogP contribution in [0.25, 0.3) is 0 Å². The lowest BCUT2D eigenvalue weighted by molar-refractivity contribution is -0.384. The van der Waals surface area contributed by atoms with Crippen molar-refractivity contribution in [1.82, 2.24) is 5.32 Å². The molecule has 1 N–H and O–H groups in total. The fraction of sp³-hybridized carbons (Fsp3) is 0.300. The number of carbonyl (C=O) groups excluding carboxylic acids is 2. The van der Waals surface area contributed by atoms with Gasteiger partial charge in [-0.2, -0.15) is 0 Å². The summed E-state index contributed by atoms with van der Waals surface area (Å²) in [4.78, 5) is 36.3. The lowest BCUT2D eigenvalue weighted by Crippen LogP contribution is -2.31. The summed E-state index contributed by atoms with van der Waals surface area (Å²) >= 11 is 0. The SMILES string of the molecule is C[C@H](CNC(=O)COC(=O)c1ccc(N(C)C)c([N+](=O)[O-])c1)c1ccccc1. The van der Waals surface area contributed by atoms with E-state index in [1.165, 1.54) is 12.1 Å². The summed E-state index contributed by atoms with van der Waals surface area (Å²) in [5.74, 6) is -1.11. The van der Waals surface area contributed by atoms with Crippen molar-refractivity contribution in [1.29, 1.82) is 0 Å². The number of ether oxygens (including phenoxy) is 1. The number of hydrogen-bond acceptors (Lipinski definition) is 6. The average molecular weight is 385 g/mol. The van der Waals surface area contributed by atoms with Crippen molar-refractivity contribution < 1.29 is 19.2 Å². The Morgan fingerprint density at radius 2 is 1.86 bits per heavy atom. The molecule has 28 heavy (non-hydrogen) atoms. The van der Waals surface area contributed by atoms with Gasteiger partial charge >= 0.3 is 5.97 Å². The standard InChI is InChI=1S/C20H23N3O5/c1-14(15-7-5-4-6-8-15)12-21-19(24)13-28-20(25)16-9-10-17(22(2)3)18(11-16)23(26)27/h4-11,14H,12-13H2,1-3H3,(H,21,24)/t14-/m1/s1. The molecule has 0 radical (unpaired) electrons. The highest BCUT2D eigenvalue weighted by Gasteiger charge is 2.20. The Morgan fingerprint density at radius 1 is 1.18 bits per heavy atom. The van der Waals surface area contributed by atoms with E-state index in [1.807, 2.05) is 37.3 Å². The van der Waals surface area contributed by atoms with Crippen LogP contribution < -0.4 is 10.2 Å². The van der Waals surface area contributed by atoms with Gasteiger partial charge in [-0.05, 0) is 23.6 Å². The number of amides is 1. The Bertz CT molecular complexity index is 852. The monoisotopic (exact) mass is 385 g/mol. The van der Waals surface area contributed by atoms with Crippen molar-refractivity contribution in [2.24, 2.45) is 0 Å². The molecule has 0 unspecified atom stereocenters. The molecule has 0 spiro atoms. The molecule has 8 heteroatoms. The van der Waals surface area contributed by atoms with Crippen LogP contribution in [0.3, 0.4) is 0 Å². The van der Waals surface area contributed by atoms with Gasteiger partial charge in [-0.15, -0.1) is 0 Å². The summed E-state index contributed by atoms with van der Waals surface area (Å²) in [7, 11) is 3.34. The molecule has 0 aliphatic rings. The summed E-state index contributed by atoms with van der Waals surface area (Å²) in [6, 6.07) is 13.8. The molecule has 1 amide bonds. The number of anilines is 1. The Morgan fingerprint density at radius 3 is 2.46 bits per heavy atom. The summed E-state index contributed by atoms with van der Waals surface area (Å²) in [6.07, 6.45) is 0. The van der Waals surface area contributed by atoms with E-state index in [0.29, 0.717) is 12.2 Å².